The van der Waals surface area contributed by atoms with Crippen LogP contribution in [0.4, 0.5) is 5.82 Å². The highest BCUT2D eigenvalue weighted by atomic mass is 32.2. The van der Waals surface area contributed by atoms with E-state index in [1.54, 1.807) is 30.3 Å². The first-order valence-electron chi connectivity index (χ1n) is 11.7. The van der Waals surface area contributed by atoms with Gasteiger partial charge in [0.15, 0.2) is 0 Å². The monoisotopic (exact) mass is 506 g/mol. The number of fused-ring (bicyclic) bond motifs is 1. The Morgan fingerprint density at radius 1 is 1.09 bits per heavy atom. The molecule has 0 atom stereocenters. The number of pyridine rings is 1. The van der Waals surface area contributed by atoms with Crippen molar-refractivity contribution in [3.63, 3.8) is 0 Å². The molecule has 0 unspecified atom stereocenters. The molecule has 4 heterocycles. The molecule has 0 saturated carbocycles. The van der Waals surface area contributed by atoms with Crippen LogP contribution in [-0.4, -0.2) is 51.3 Å². The zero-order chi connectivity index (χ0) is 24.4. The number of amides is 1. The van der Waals surface area contributed by atoms with E-state index in [1.165, 1.54) is 22.6 Å². The molecule has 35 heavy (non-hydrogen) atoms. The van der Waals surface area contributed by atoms with Crippen LogP contribution in [0.15, 0.2) is 58.4 Å². The third-order valence-corrected chi connectivity index (χ3v) is 7.71. The lowest BCUT2D eigenvalue weighted by Gasteiger charge is -2.29. The summed E-state index contributed by atoms with van der Waals surface area (Å²) in [5.74, 6) is 1.27. The second kappa shape index (κ2) is 10.2. The highest BCUT2D eigenvalue weighted by Gasteiger charge is 2.32. The fourth-order valence-electron chi connectivity index (χ4n) is 4.42. The summed E-state index contributed by atoms with van der Waals surface area (Å²) in [5.41, 5.74) is 1.95. The van der Waals surface area contributed by atoms with Crippen molar-refractivity contribution in [2.24, 2.45) is 0 Å². The molecule has 7 nitrogen and oxygen atoms in total. The maximum Gasteiger partial charge on any atom is 0.267 e. The zero-order valence-corrected chi connectivity index (χ0v) is 21.1. The zero-order valence-electron chi connectivity index (χ0n) is 19.5. The van der Waals surface area contributed by atoms with Gasteiger partial charge in [0.25, 0.3) is 11.5 Å². The van der Waals surface area contributed by atoms with Gasteiger partial charge in [-0.25, -0.2) is 4.98 Å². The van der Waals surface area contributed by atoms with Crippen LogP contribution in [0, 0.1) is 0 Å². The van der Waals surface area contributed by atoms with E-state index in [0.29, 0.717) is 39.2 Å². The van der Waals surface area contributed by atoms with Crippen LogP contribution < -0.4 is 15.2 Å². The summed E-state index contributed by atoms with van der Waals surface area (Å²) in [6, 6.07) is 13.3. The summed E-state index contributed by atoms with van der Waals surface area (Å²) in [4.78, 5) is 35.8. The molecule has 2 fully saturated rings. The summed E-state index contributed by atoms with van der Waals surface area (Å²) in [5, 5.41) is 0. The first kappa shape index (κ1) is 23.6. The summed E-state index contributed by atoms with van der Waals surface area (Å²) < 4.78 is 7.24. The maximum absolute atomic E-state index is 13.5. The molecule has 3 aromatic rings. The van der Waals surface area contributed by atoms with Crippen LogP contribution in [-0.2, 0) is 11.2 Å². The predicted molar refractivity (Wildman–Crippen MR) is 144 cm³/mol. The minimum absolute atomic E-state index is 0.171. The van der Waals surface area contributed by atoms with E-state index in [-0.39, 0.29) is 11.5 Å². The number of carbonyl (C=O) groups is 1. The van der Waals surface area contributed by atoms with Crippen LogP contribution in [0.1, 0.15) is 30.4 Å². The average Bonchev–Trinajstić information content (AvgIpc) is 3.17. The third-order valence-electron chi connectivity index (χ3n) is 6.34. The molecular weight excluding hydrogens is 480 g/mol. The maximum atomic E-state index is 13.5. The van der Waals surface area contributed by atoms with Crippen LogP contribution in [0.25, 0.3) is 11.7 Å². The SMILES string of the molecule is COc1ccc(CCN2C(=O)/C(=C/c3c(N4CCCCC4)nc4ccccn4c3=O)SC2=S)cc1. The standard InChI is InChI=1S/C26H26N4O3S2/c1-33-19-10-8-18(9-11-19)12-16-30-25(32)21(35-26(30)34)17-20-23(28-13-4-2-5-14-28)27-22-7-3-6-15-29(22)24(20)31/h3,6-11,15,17H,2,4-5,12-14,16H2,1H3/b21-17-. The van der Waals surface area contributed by atoms with Crippen molar-refractivity contribution in [1.82, 2.24) is 14.3 Å². The highest BCUT2D eigenvalue weighted by molar-refractivity contribution is 8.26. The molecule has 2 aromatic heterocycles. The number of hydrogen-bond acceptors (Lipinski definition) is 7. The van der Waals surface area contributed by atoms with E-state index in [1.807, 2.05) is 36.4 Å². The number of nitrogens with zero attached hydrogens (tertiary/aromatic N) is 4. The van der Waals surface area contributed by atoms with Gasteiger partial charge in [0.2, 0.25) is 0 Å². The first-order chi connectivity index (χ1) is 17.0. The molecule has 0 aliphatic carbocycles. The van der Waals surface area contributed by atoms with Gasteiger partial charge < -0.3 is 9.64 Å². The van der Waals surface area contributed by atoms with Crippen molar-refractivity contribution < 1.29 is 9.53 Å². The summed E-state index contributed by atoms with van der Waals surface area (Å²) in [7, 11) is 1.63. The molecule has 0 bridgehead atoms. The van der Waals surface area contributed by atoms with Crippen LogP contribution in [0.5, 0.6) is 5.75 Å². The summed E-state index contributed by atoms with van der Waals surface area (Å²) in [6.07, 6.45) is 7.35. The molecule has 0 spiro atoms. The number of ether oxygens (including phenoxy) is 1. The molecule has 2 aliphatic rings. The van der Waals surface area contributed by atoms with Gasteiger partial charge in [-0.1, -0.05) is 42.2 Å². The number of rotatable bonds is 6. The lowest BCUT2D eigenvalue weighted by atomic mass is 10.1. The Balaban J connectivity index is 1.45. The number of aromatic nitrogens is 2. The Kier molecular flexibility index (Phi) is 6.88. The number of hydrogen-bond donors (Lipinski definition) is 0. The van der Waals surface area contributed by atoms with Crippen molar-refractivity contribution in [2.45, 2.75) is 25.7 Å². The van der Waals surface area contributed by atoms with Gasteiger partial charge in [0.1, 0.15) is 21.5 Å². The van der Waals surface area contributed by atoms with Crippen molar-refractivity contribution in [2.75, 3.05) is 31.6 Å². The predicted octanol–water partition coefficient (Wildman–Crippen LogP) is 4.14. The second-order valence-electron chi connectivity index (χ2n) is 8.56. The average molecular weight is 507 g/mol. The van der Waals surface area contributed by atoms with Crippen molar-refractivity contribution >= 4 is 51.7 Å². The lowest BCUT2D eigenvalue weighted by Crippen LogP contribution is -2.33. The number of thioether (sulfide) groups is 1. The topological polar surface area (TPSA) is 67.2 Å². The van der Waals surface area contributed by atoms with Gasteiger partial charge in [-0.15, -0.1) is 0 Å². The molecule has 1 aromatic carbocycles. The van der Waals surface area contributed by atoms with Crippen molar-refractivity contribution in [1.29, 1.82) is 0 Å². The van der Waals surface area contributed by atoms with Gasteiger partial charge in [0, 0.05) is 25.8 Å². The Hall–Kier alpha value is -3.17. The number of anilines is 1. The lowest BCUT2D eigenvalue weighted by molar-refractivity contribution is -0.122. The number of methoxy groups -OCH3 is 1. The highest BCUT2D eigenvalue weighted by Crippen LogP contribution is 2.34. The molecule has 9 heteroatoms. The molecular formula is C26H26N4O3S2. The molecule has 0 N–H and O–H groups in total. The summed E-state index contributed by atoms with van der Waals surface area (Å²) in [6.45, 7) is 2.17. The normalized spacial score (nSPS) is 17.6. The van der Waals surface area contributed by atoms with Crippen LogP contribution >= 0.6 is 24.0 Å². The third kappa shape index (κ3) is 4.83. The van der Waals surface area contributed by atoms with E-state index >= 15 is 0 Å². The van der Waals surface area contributed by atoms with Crippen LogP contribution in [0.3, 0.4) is 0 Å². The van der Waals surface area contributed by atoms with Crippen LogP contribution in [0.2, 0.25) is 0 Å². The van der Waals surface area contributed by atoms with E-state index in [0.717, 1.165) is 37.2 Å². The molecule has 180 valence electrons. The Morgan fingerprint density at radius 2 is 1.86 bits per heavy atom. The molecule has 0 radical (unpaired) electrons. The van der Waals surface area contributed by atoms with E-state index in [4.69, 9.17) is 21.9 Å². The second-order valence-corrected chi connectivity index (χ2v) is 10.2. The Labute approximate surface area is 213 Å². The minimum atomic E-state index is -0.181. The minimum Gasteiger partial charge on any atom is -0.497 e. The van der Waals surface area contributed by atoms with Crippen molar-refractivity contribution in [3.8, 4) is 5.75 Å². The van der Waals surface area contributed by atoms with Gasteiger partial charge in [-0.3, -0.25) is 18.9 Å². The Morgan fingerprint density at radius 3 is 2.60 bits per heavy atom. The fraction of sp³-hybridized carbons (Fsp3) is 0.308. The number of thiocarbonyl (C=S) groups is 1. The molecule has 5 rings (SSSR count). The number of piperidine rings is 1. The summed E-state index contributed by atoms with van der Waals surface area (Å²) >= 11 is 6.77. The number of benzene rings is 1. The van der Waals surface area contributed by atoms with E-state index in [2.05, 4.69) is 4.90 Å². The smallest absolute Gasteiger partial charge is 0.267 e. The van der Waals surface area contributed by atoms with E-state index in [9.17, 15) is 9.59 Å². The largest absolute Gasteiger partial charge is 0.497 e. The molecule has 1 amide bonds. The Bertz CT molecular complexity index is 1360. The first-order valence-corrected chi connectivity index (χ1v) is 12.9. The fourth-order valence-corrected chi connectivity index (χ4v) is 5.71. The van der Waals surface area contributed by atoms with Gasteiger partial charge in [-0.2, -0.15) is 0 Å². The van der Waals surface area contributed by atoms with Gasteiger partial charge in [-0.05, 0) is 61.6 Å². The van der Waals surface area contributed by atoms with Gasteiger partial charge >= 0.3 is 0 Å². The van der Waals surface area contributed by atoms with E-state index < -0.39 is 0 Å². The quantitative estimate of drug-likeness (QED) is 0.368. The molecule has 2 saturated heterocycles. The number of carbonyl (C=O) groups excluding carboxylic acids is 1. The van der Waals surface area contributed by atoms with Crippen molar-refractivity contribution in [3.05, 3.63) is 75.0 Å². The molecule has 2 aliphatic heterocycles. The van der Waals surface area contributed by atoms with Gasteiger partial charge in [0.05, 0.1) is 17.6 Å².